The van der Waals surface area contributed by atoms with Gasteiger partial charge in [0.1, 0.15) is 5.69 Å². The van der Waals surface area contributed by atoms with E-state index in [1.165, 1.54) is 0 Å². The van der Waals surface area contributed by atoms with Crippen molar-refractivity contribution in [2.45, 2.75) is 37.5 Å². The summed E-state index contributed by atoms with van der Waals surface area (Å²) in [5, 5.41) is 13.4. The molecular weight excluding hydrogens is 330 g/mol. The third kappa shape index (κ3) is 3.37. The van der Waals surface area contributed by atoms with Gasteiger partial charge in [0.25, 0.3) is 11.8 Å². The van der Waals surface area contributed by atoms with E-state index < -0.39 is 6.10 Å². The number of likely N-dealkylation sites (tertiary alicyclic amines) is 1. The molecule has 2 heterocycles. The first kappa shape index (κ1) is 16.8. The van der Waals surface area contributed by atoms with Crippen molar-refractivity contribution in [1.82, 2.24) is 14.8 Å². The fourth-order valence-electron chi connectivity index (χ4n) is 3.55. The Bertz CT molecular complexity index is 798. The molecule has 0 unspecified atom stereocenters. The minimum atomic E-state index is -0.773. The predicted octanol–water partition coefficient (Wildman–Crippen LogP) is 1.83. The number of aliphatic hydroxyl groups excluding tert-OH is 1. The zero-order valence-corrected chi connectivity index (χ0v) is 14.5. The average Bonchev–Trinajstić information content (AvgIpc) is 3.39. The molecule has 2 amide bonds. The van der Waals surface area contributed by atoms with Crippen LogP contribution in [0.2, 0.25) is 0 Å². The van der Waals surface area contributed by atoms with Crippen LogP contribution in [0.4, 0.5) is 0 Å². The molecule has 2 aliphatic rings. The minimum absolute atomic E-state index is 0.0861. The molecule has 0 spiro atoms. The van der Waals surface area contributed by atoms with E-state index in [1.54, 1.807) is 17.0 Å². The van der Waals surface area contributed by atoms with Crippen molar-refractivity contribution in [1.29, 1.82) is 0 Å². The number of nitrogens with one attached hydrogen (secondary N) is 1. The lowest BCUT2D eigenvalue weighted by atomic mass is 10.0. The van der Waals surface area contributed by atoms with Gasteiger partial charge in [-0.25, -0.2) is 0 Å². The summed E-state index contributed by atoms with van der Waals surface area (Å²) in [5.41, 5.74) is 1.26. The van der Waals surface area contributed by atoms with Crippen LogP contribution in [0.1, 0.15) is 46.2 Å². The Morgan fingerprint density at radius 2 is 1.81 bits per heavy atom. The lowest BCUT2D eigenvalue weighted by Crippen LogP contribution is -2.55. The first-order valence-electron chi connectivity index (χ1n) is 9.13. The second-order valence-corrected chi connectivity index (χ2v) is 7.09. The lowest BCUT2D eigenvalue weighted by molar-refractivity contribution is 0.0313. The number of rotatable bonds is 4. The van der Waals surface area contributed by atoms with E-state index in [4.69, 9.17) is 0 Å². The summed E-state index contributed by atoms with van der Waals surface area (Å²) in [5.74, 6) is -0.245. The SMILES string of the molecule is O=C(N[C@@H]1CCN(C(=O)c2ccccc2)C[C@H]1O)c1cccn1C1CC1. The largest absolute Gasteiger partial charge is 0.389 e. The van der Waals surface area contributed by atoms with Crippen LogP contribution in [-0.2, 0) is 0 Å². The Kier molecular flexibility index (Phi) is 4.51. The number of amides is 2. The van der Waals surface area contributed by atoms with E-state index in [-0.39, 0.29) is 24.4 Å². The molecule has 1 aromatic carbocycles. The first-order valence-corrected chi connectivity index (χ1v) is 9.13. The minimum Gasteiger partial charge on any atom is -0.389 e. The van der Waals surface area contributed by atoms with Crippen LogP contribution in [0.5, 0.6) is 0 Å². The number of aliphatic hydroxyl groups is 1. The molecule has 2 atom stereocenters. The standard InChI is InChI=1S/C20H23N3O3/c24-18-13-22(20(26)14-5-2-1-3-6-14)12-10-16(18)21-19(25)17-7-4-11-23(17)15-8-9-15/h1-7,11,15-16,18,24H,8-10,12-13H2,(H,21,25)/t16-,18-/m1/s1. The van der Waals surface area contributed by atoms with Gasteiger partial charge in [0.2, 0.25) is 0 Å². The number of hydrogen-bond acceptors (Lipinski definition) is 3. The number of carbonyl (C=O) groups excluding carboxylic acids is 2. The van der Waals surface area contributed by atoms with Gasteiger partial charge in [0.05, 0.1) is 12.1 Å². The van der Waals surface area contributed by atoms with Gasteiger partial charge in [-0.2, -0.15) is 0 Å². The Balaban J connectivity index is 1.37. The molecule has 1 saturated carbocycles. The lowest BCUT2D eigenvalue weighted by Gasteiger charge is -2.36. The molecule has 1 saturated heterocycles. The zero-order chi connectivity index (χ0) is 18.1. The Hall–Kier alpha value is -2.60. The van der Waals surface area contributed by atoms with Gasteiger partial charge in [-0.05, 0) is 43.5 Å². The molecule has 1 aromatic heterocycles. The van der Waals surface area contributed by atoms with Crippen LogP contribution >= 0.6 is 0 Å². The Morgan fingerprint density at radius 1 is 1.04 bits per heavy atom. The summed E-state index contributed by atoms with van der Waals surface area (Å²) < 4.78 is 2.01. The Morgan fingerprint density at radius 3 is 2.50 bits per heavy atom. The maximum Gasteiger partial charge on any atom is 0.268 e. The number of carbonyl (C=O) groups is 2. The number of benzene rings is 1. The van der Waals surface area contributed by atoms with E-state index in [2.05, 4.69) is 5.32 Å². The van der Waals surface area contributed by atoms with Crippen LogP contribution in [0.25, 0.3) is 0 Å². The van der Waals surface area contributed by atoms with E-state index >= 15 is 0 Å². The normalized spacial score (nSPS) is 22.9. The second-order valence-electron chi connectivity index (χ2n) is 7.09. The van der Waals surface area contributed by atoms with Crippen molar-refractivity contribution in [3.8, 4) is 0 Å². The van der Waals surface area contributed by atoms with Gasteiger partial charge >= 0.3 is 0 Å². The summed E-state index contributed by atoms with van der Waals surface area (Å²) in [6.45, 7) is 0.738. The molecule has 6 heteroatoms. The molecule has 2 N–H and O–H groups in total. The van der Waals surface area contributed by atoms with E-state index in [0.29, 0.717) is 30.3 Å². The highest BCUT2D eigenvalue weighted by Crippen LogP contribution is 2.36. The van der Waals surface area contributed by atoms with Crippen molar-refractivity contribution in [3.05, 3.63) is 59.9 Å². The van der Waals surface area contributed by atoms with Gasteiger partial charge in [0.15, 0.2) is 0 Å². The van der Waals surface area contributed by atoms with Gasteiger partial charge in [-0.1, -0.05) is 18.2 Å². The van der Waals surface area contributed by atoms with Crippen molar-refractivity contribution < 1.29 is 14.7 Å². The van der Waals surface area contributed by atoms with Gasteiger partial charge in [-0.15, -0.1) is 0 Å². The van der Waals surface area contributed by atoms with E-state index in [0.717, 1.165) is 12.8 Å². The third-order valence-electron chi connectivity index (χ3n) is 5.16. The monoisotopic (exact) mass is 353 g/mol. The molecular formula is C20H23N3O3. The summed E-state index contributed by atoms with van der Waals surface area (Å²) in [4.78, 5) is 26.7. The van der Waals surface area contributed by atoms with Gasteiger partial charge < -0.3 is 19.9 Å². The van der Waals surface area contributed by atoms with Crippen molar-refractivity contribution in [2.75, 3.05) is 13.1 Å². The fourth-order valence-corrected chi connectivity index (χ4v) is 3.55. The van der Waals surface area contributed by atoms with E-state index in [9.17, 15) is 14.7 Å². The van der Waals surface area contributed by atoms with Gasteiger partial charge in [-0.3, -0.25) is 9.59 Å². The highest BCUT2D eigenvalue weighted by molar-refractivity contribution is 5.94. The zero-order valence-electron chi connectivity index (χ0n) is 14.5. The molecule has 2 fully saturated rings. The van der Waals surface area contributed by atoms with Crippen molar-refractivity contribution >= 4 is 11.8 Å². The van der Waals surface area contributed by atoms with Crippen LogP contribution in [0.3, 0.4) is 0 Å². The molecule has 4 rings (SSSR count). The second kappa shape index (κ2) is 6.96. The number of hydrogen-bond donors (Lipinski definition) is 2. The van der Waals surface area contributed by atoms with E-state index in [1.807, 2.05) is 41.1 Å². The molecule has 1 aliphatic heterocycles. The van der Waals surface area contributed by atoms with Crippen LogP contribution < -0.4 is 5.32 Å². The first-order chi connectivity index (χ1) is 12.6. The highest BCUT2D eigenvalue weighted by atomic mass is 16.3. The smallest absolute Gasteiger partial charge is 0.268 e. The topological polar surface area (TPSA) is 74.6 Å². The number of aromatic nitrogens is 1. The maximum absolute atomic E-state index is 12.6. The molecule has 1 aliphatic carbocycles. The van der Waals surface area contributed by atoms with Crippen LogP contribution in [-0.4, -0.2) is 51.6 Å². The molecule has 6 nitrogen and oxygen atoms in total. The molecule has 26 heavy (non-hydrogen) atoms. The molecule has 2 aromatic rings. The molecule has 136 valence electrons. The van der Waals surface area contributed by atoms with Crippen LogP contribution in [0, 0.1) is 0 Å². The molecule has 0 radical (unpaired) electrons. The summed E-state index contributed by atoms with van der Waals surface area (Å²) in [6.07, 6.45) is 3.92. The fraction of sp³-hybridized carbons (Fsp3) is 0.400. The van der Waals surface area contributed by atoms with Crippen molar-refractivity contribution in [2.24, 2.45) is 0 Å². The number of nitrogens with zero attached hydrogens (tertiary/aromatic N) is 2. The number of piperidine rings is 1. The van der Waals surface area contributed by atoms with Crippen molar-refractivity contribution in [3.63, 3.8) is 0 Å². The Labute approximate surface area is 152 Å². The summed E-state index contributed by atoms with van der Waals surface area (Å²) in [6, 6.07) is 12.8. The third-order valence-corrected chi connectivity index (χ3v) is 5.16. The quantitative estimate of drug-likeness (QED) is 0.881. The number of β-amino-alcohol motifs (C(OH)–C–C–N with tert-alkyl or cyclic N) is 1. The van der Waals surface area contributed by atoms with Gasteiger partial charge in [0, 0.05) is 30.9 Å². The maximum atomic E-state index is 12.6. The predicted molar refractivity (Wildman–Crippen MR) is 96.9 cm³/mol. The summed E-state index contributed by atoms with van der Waals surface area (Å²) >= 11 is 0. The highest BCUT2D eigenvalue weighted by Gasteiger charge is 2.33. The average molecular weight is 353 g/mol. The van der Waals surface area contributed by atoms with Crippen LogP contribution in [0.15, 0.2) is 48.7 Å². The summed E-state index contributed by atoms with van der Waals surface area (Å²) in [7, 11) is 0. The molecule has 0 bridgehead atoms.